The minimum atomic E-state index is -1.18. The Balaban J connectivity index is 2.54. The molecule has 1 atom stereocenters. The van der Waals surface area contributed by atoms with Gasteiger partial charge in [0.15, 0.2) is 5.75 Å². The summed E-state index contributed by atoms with van der Waals surface area (Å²) in [5.41, 5.74) is 0.977. The molecule has 1 N–H and O–H groups in total. The summed E-state index contributed by atoms with van der Waals surface area (Å²) in [5, 5.41) is 9.70. The third kappa shape index (κ3) is 3.61. The number of carbonyl (C=O) groups excluding carboxylic acids is 1. The molecule has 1 aliphatic rings. The van der Waals surface area contributed by atoms with Gasteiger partial charge in [-0.25, -0.2) is 9.59 Å². The van der Waals surface area contributed by atoms with Gasteiger partial charge in [-0.15, -0.1) is 0 Å². The number of rotatable bonds is 3. The number of aliphatic carboxylic acids is 1. The summed E-state index contributed by atoms with van der Waals surface area (Å²) >= 11 is 6.12. The van der Waals surface area contributed by atoms with Crippen LogP contribution in [0.25, 0.3) is 0 Å². The fourth-order valence-electron chi connectivity index (χ4n) is 2.23. The predicted octanol–water partition coefficient (Wildman–Crippen LogP) is 2.60. The molecule has 8 heteroatoms. The fraction of sp³-hybridized carbons (Fsp3) is 0.467. The highest BCUT2D eigenvalue weighted by Crippen LogP contribution is 2.43. The van der Waals surface area contributed by atoms with E-state index in [2.05, 4.69) is 0 Å². The van der Waals surface area contributed by atoms with Crippen LogP contribution >= 0.6 is 11.6 Å². The summed E-state index contributed by atoms with van der Waals surface area (Å²) in [6, 6.07) is 3.21. The van der Waals surface area contributed by atoms with Crippen molar-refractivity contribution < 1.29 is 24.2 Å². The molecule has 0 fully saturated rings. The van der Waals surface area contributed by atoms with Gasteiger partial charge in [0.2, 0.25) is 6.10 Å². The summed E-state index contributed by atoms with van der Waals surface area (Å²) < 4.78 is 10.8. The van der Waals surface area contributed by atoms with Gasteiger partial charge >= 0.3 is 12.1 Å². The van der Waals surface area contributed by atoms with Crippen LogP contribution in [0.5, 0.6) is 5.75 Å². The van der Waals surface area contributed by atoms with Gasteiger partial charge in [0.05, 0.1) is 24.0 Å². The Bertz CT molecular complexity index is 633. The number of carboxylic acid groups (broad SMARTS) is 1. The van der Waals surface area contributed by atoms with Crippen molar-refractivity contribution in [1.82, 2.24) is 0 Å². The smallest absolute Gasteiger partial charge is 0.414 e. The molecule has 7 nitrogen and oxygen atoms in total. The first-order valence-electron chi connectivity index (χ1n) is 7.09. The normalized spacial score (nSPS) is 16.6. The van der Waals surface area contributed by atoms with Crippen LogP contribution in [-0.2, 0) is 9.53 Å². The standard InChI is InChI=1S/C15H19ClN2O5/c1-8(2)22-15(21)18-7-12(14(19)20)23-13-10(17(3)4)5-9(16)6-11(13)18/h5-6,8,12H,7H2,1-4H3,(H,19,20). The lowest BCUT2D eigenvalue weighted by Gasteiger charge is -2.35. The molecular formula is C15H19ClN2O5. The molecule has 0 radical (unpaired) electrons. The maximum atomic E-state index is 12.3. The molecule has 2 rings (SSSR count). The highest BCUT2D eigenvalue weighted by atomic mass is 35.5. The summed E-state index contributed by atoms with van der Waals surface area (Å²) in [5.74, 6) is -0.864. The number of nitrogens with zero attached hydrogens (tertiary/aromatic N) is 2. The molecule has 1 aromatic rings. The van der Waals surface area contributed by atoms with Gasteiger partial charge in [-0.05, 0) is 26.0 Å². The van der Waals surface area contributed by atoms with Gasteiger partial charge in [0.1, 0.15) is 0 Å². The number of anilines is 2. The molecule has 23 heavy (non-hydrogen) atoms. The second-order valence-electron chi connectivity index (χ2n) is 5.66. The van der Waals surface area contributed by atoms with Gasteiger partial charge in [-0.3, -0.25) is 4.90 Å². The second kappa shape index (κ2) is 6.54. The highest BCUT2D eigenvalue weighted by molar-refractivity contribution is 6.31. The van der Waals surface area contributed by atoms with Crippen LogP contribution in [0.2, 0.25) is 5.02 Å². The topological polar surface area (TPSA) is 79.3 Å². The number of benzene rings is 1. The number of amides is 1. The van der Waals surface area contributed by atoms with Crippen molar-refractivity contribution in [2.75, 3.05) is 30.4 Å². The number of ether oxygens (including phenoxy) is 2. The molecule has 126 valence electrons. The van der Waals surface area contributed by atoms with Gasteiger partial charge in [0, 0.05) is 19.1 Å². The summed E-state index contributed by atoms with van der Waals surface area (Å²) in [4.78, 5) is 26.7. The Hall–Kier alpha value is -2.15. The van der Waals surface area contributed by atoms with E-state index in [-0.39, 0.29) is 12.6 Å². The molecular weight excluding hydrogens is 324 g/mol. The van der Waals surface area contributed by atoms with Crippen molar-refractivity contribution in [1.29, 1.82) is 0 Å². The van der Waals surface area contributed by atoms with Crippen molar-refractivity contribution in [3.8, 4) is 5.75 Å². The fourth-order valence-corrected chi connectivity index (χ4v) is 2.44. The van der Waals surface area contributed by atoms with Crippen molar-refractivity contribution in [3.05, 3.63) is 17.2 Å². The Morgan fingerprint density at radius 3 is 2.61 bits per heavy atom. The van der Waals surface area contributed by atoms with Crippen molar-refractivity contribution in [3.63, 3.8) is 0 Å². The van der Waals surface area contributed by atoms with Crippen LogP contribution in [0.3, 0.4) is 0 Å². The largest absolute Gasteiger partial charge is 0.478 e. The minimum absolute atomic E-state index is 0.152. The van der Waals surface area contributed by atoms with Crippen LogP contribution < -0.4 is 14.5 Å². The van der Waals surface area contributed by atoms with Crippen LogP contribution in [0.4, 0.5) is 16.2 Å². The number of carboxylic acids is 1. The summed E-state index contributed by atoms with van der Waals surface area (Å²) in [7, 11) is 3.55. The third-order valence-corrected chi connectivity index (χ3v) is 3.45. The van der Waals surface area contributed by atoms with Crippen molar-refractivity contribution in [2.45, 2.75) is 26.1 Å². The Morgan fingerprint density at radius 2 is 2.09 bits per heavy atom. The van der Waals surface area contributed by atoms with E-state index in [1.165, 1.54) is 4.90 Å². The van der Waals surface area contributed by atoms with E-state index in [0.29, 0.717) is 22.1 Å². The van der Waals surface area contributed by atoms with Gasteiger partial charge in [0.25, 0.3) is 0 Å². The van der Waals surface area contributed by atoms with Crippen LogP contribution in [0.1, 0.15) is 13.8 Å². The molecule has 1 aliphatic heterocycles. The Labute approximate surface area is 139 Å². The van der Waals surface area contributed by atoms with Crippen LogP contribution in [-0.4, -0.2) is 50.0 Å². The number of halogens is 1. The average molecular weight is 343 g/mol. The monoisotopic (exact) mass is 342 g/mol. The van der Waals surface area contributed by atoms with E-state index < -0.39 is 18.2 Å². The molecule has 0 bridgehead atoms. The summed E-state index contributed by atoms with van der Waals surface area (Å²) in [6.45, 7) is 3.29. The molecule has 0 aliphatic carbocycles. The number of hydrogen-bond acceptors (Lipinski definition) is 5. The Morgan fingerprint density at radius 1 is 1.43 bits per heavy atom. The molecule has 1 unspecified atom stereocenters. The molecule has 0 saturated heterocycles. The zero-order chi connectivity index (χ0) is 17.3. The lowest BCUT2D eigenvalue weighted by atomic mass is 10.1. The van der Waals surface area contributed by atoms with Crippen molar-refractivity contribution in [2.24, 2.45) is 0 Å². The van der Waals surface area contributed by atoms with Gasteiger partial charge < -0.3 is 19.5 Å². The lowest BCUT2D eigenvalue weighted by Crippen LogP contribution is -2.48. The summed E-state index contributed by atoms with van der Waals surface area (Å²) in [6.07, 6.45) is -2.14. The maximum absolute atomic E-state index is 12.3. The molecule has 0 spiro atoms. The van der Waals surface area contributed by atoms with Gasteiger partial charge in [-0.2, -0.15) is 0 Å². The number of hydrogen-bond donors (Lipinski definition) is 1. The quantitative estimate of drug-likeness (QED) is 0.909. The predicted molar refractivity (Wildman–Crippen MR) is 86.8 cm³/mol. The molecule has 0 aromatic heterocycles. The zero-order valence-electron chi connectivity index (χ0n) is 13.4. The first kappa shape index (κ1) is 17.2. The first-order chi connectivity index (χ1) is 10.7. The van der Waals surface area contributed by atoms with E-state index in [9.17, 15) is 14.7 Å². The third-order valence-electron chi connectivity index (χ3n) is 3.23. The molecule has 0 saturated carbocycles. The average Bonchev–Trinajstić information content (AvgIpc) is 2.44. The van der Waals surface area contributed by atoms with Gasteiger partial charge in [-0.1, -0.05) is 11.6 Å². The SMILES string of the molecule is CC(C)OC(=O)N1CC(C(=O)O)Oc2c(N(C)C)cc(Cl)cc21. The van der Waals surface area contributed by atoms with E-state index in [1.54, 1.807) is 45.0 Å². The molecule has 1 amide bonds. The Kier molecular flexibility index (Phi) is 4.89. The number of fused-ring (bicyclic) bond motifs is 1. The van der Waals surface area contributed by atoms with E-state index in [0.717, 1.165) is 0 Å². The van der Waals surface area contributed by atoms with E-state index in [4.69, 9.17) is 21.1 Å². The molecule has 1 heterocycles. The zero-order valence-corrected chi connectivity index (χ0v) is 14.1. The van der Waals surface area contributed by atoms with E-state index >= 15 is 0 Å². The minimum Gasteiger partial charge on any atom is -0.478 e. The second-order valence-corrected chi connectivity index (χ2v) is 6.09. The lowest BCUT2D eigenvalue weighted by molar-refractivity contribution is -0.144. The van der Waals surface area contributed by atoms with Crippen LogP contribution in [0, 0.1) is 0 Å². The molecule has 1 aromatic carbocycles. The van der Waals surface area contributed by atoms with Crippen molar-refractivity contribution >= 4 is 35.0 Å². The maximum Gasteiger partial charge on any atom is 0.414 e. The van der Waals surface area contributed by atoms with E-state index in [1.807, 2.05) is 0 Å². The highest BCUT2D eigenvalue weighted by Gasteiger charge is 2.37. The van der Waals surface area contributed by atoms with Crippen LogP contribution in [0.15, 0.2) is 12.1 Å². The first-order valence-corrected chi connectivity index (χ1v) is 7.47. The number of carbonyl (C=O) groups is 2.